The van der Waals surface area contributed by atoms with Crippen LogP contribution in [-0.2, 0) is 9.53 Å². The lowest BCUT2D eigenvalue weighted by Gasteiger charge is -2.30. The molecule has 148 valence electrons. The van der Waals surface area contributed by atoms with Crippen molar-refractivity contribution in [1.29, 1.82) is 0 Å². The van der Waals surface area contributed by atoms with Crippen LogP contribution in [0.3, 0.4) is 0 Å². The lowest BCUT2D eigenvalue weighted by molar-refractivity contribution is -0.143. The molecule has 0 aromatic heterocycles. The average Bonchev–Trinajstić information content (AvgIpc) is 2.56. The van der Waals surface area contributed by atoms with Crippen LogP contribution in [0.25, 0.3) is 0 Å². The number of aliphatic carboxylic acids is 1. The monoisotopic (exact) mass is 374 g/mol. The van der Waals surface area contributed by atoms with Crippen LogP contribution in [0.4, 0.5) is 0 Å². The summed E-state index contributed by atoms with van der Waals surface area (Å²) < 4.78 is 5.86. The molecule has 4 nitrogen and oxygen atoms in total. The number of hydrogen-bond acceptors (Lipinski definition) is 3. The number of ether oxygens (including phenoxy) is 1. The summed E-state index contributed by atoms with van der Waals surface area (Å²) >= 11 is 4.97. The fourth-order valence-corrected chi connectivity index (χ4v) is 3.27. The predicted molar refractivity (Wildman–Crippen MR) is 108 cm³/mol. The molecule has 0 fully saturated rings. The Morgan fingerprint density at radius 1 is 0.840 bits per heavy atom. The molecular formula is C20H38O4S. The highest BCUT2D eigenvalue weighted by atomic mass is 32.1. The SMILES string of the molecule is CCCCCCCCOC(CCCCCCCC)(CC(=O)O)C(O)=S. The van der Waals surface area contributed by atoms with Crippen LogP contribution in [0, 0.1) is 0 Å². The number of rotatable bonds is 18. The smallest absolute Gasteiger partial charge is 0.306 e. The van der Waals surface area contributed by atoms with E-state index in [4.69, 9.17) is 17.0 Å². The molecule has 0 bridgehead atoms. The van der Waals surface area contributed by atoms with E-state index in [1.165, 1.54) is 44.9 Å². The quantitative estimate of drug-likeness (QED) is 0.220. The second kappa shape index (κ2) is 15.6. The third-order valence-corrected chi connectivity index (χ3v) is 5.01. The van der Waals surface area contributed by atoms with Crippen LogP contribution in [-0.4, -0.2) is 33.4 Å². The molecule has 0 aromatic rings. The molecule has 25 heavy (non-hydrogen) atoms. The molecule has 0 aliphatic rings. The van der Waals surface area contributed by atoms with Crippen LogP contribution < -0.4 is 0 Å². The van der Waals surface area contributed by atoms with Crippen LogP contribution in [0.15, 0.2) is 0 Å². The van der Waals surface area contributed by atoms with Gasteiger partial charge in [-0.05, 0) is 25.1 Å². The maximum Gasteiger partial charge on any atom is 0.306 e. The van der Waals surface area contributed by atoms with Gasteiger partial charge in [-0.3, -0.25) is 4.79 Å². The first-order valence-electron chi connectivity index (χ1n) is 10.1. The van der Waals surface area contributed by atoms with Gasteiger partial charge in [0, 0.05) is 6.61 Å². The van der Waals surface area contributed by atoms with Crippen molar-refractivity contribution in [1.82, 2.24) is 0 Å². The first kappa shape index (κ1) is 24.3. The van der Waals surface area contributed by atoms with Crippen molar-refractivity contribution < 1.29 is 19.7 Å². The van der Waals surface area contributed by atoms with Gasteiger partial charge >= 0.3 is 5.97 Å². The highest BCUT2D eigenvalue weighted by Gasteiger charge is 2.38. The van der Waals surface area contributed by atoms with Crippen molar-refractivity contribution in [2.75, 3.05) is 6.61 Å². The van der Waals surface area contributed by atoms with Crippen molar-refractivity contribution in [3.8, 4) is 0 Å². The molecule has 0 aliphatic heterocycles. The van der Waals surface area contributed by atoms with E-state index in [-0.39, 0.29) is 11.5 Å². The molecule has 0 amide bonds. The summed E-state index contributed by atoms with van der Waals surface area (Å²) in [6, 6.07) is 0. The van der Waals surface area contributed by atoms with Crippen molar-refractivity contribution in [2.24, 2.45) is 0 Å². The zero-order chi connectivity index (χ0) is 19.0. The van der Waals surface area contributed by atoms with E-state index in [2.05, 4.69) is 13.8 Å². The van der Waals surface area contributed by atoms with E-state index < -0.39 is 11.6 Å². The number of unbranched alkanes of at least 4 members (excludes halogenated alkanes) is 10. The first-order chi connectivity index (χ1) is 12.0. The molecule has 0 aromatic carbocycles. The highest BCUT2D eigenvalue weighted by Crippen LogP contribution is 2.27. The lowest BCUT2D eigenvalue weighted by Crippen LogP contribution is -2.43. The minimum absolute atomic E-state index is 0.257. The second-order valence-electron chi connectivity index (χ2n) is 7.00. The van der Waals surface area contributed by atoms with Crippen LogP contribution >= 0.6 is 12.2 Å². The third-order valence-electron chi connectivity index (χ3n) is 4.64. The van der Waals surface area contributed by atoms with E-state index in [9.17, 15) is 15.0 Å². The van der Waals surface area contributed by atoms with Gasteiger partial charge in [-0.2, -0.15) is 0 Å². The van der Waals surface area contributed by atoms with Gasteiger partial charge in [0.25, 0.3) is 0 Å². The third kappa shape index (κ3) is 12.3. The number of carboxylic acid groups (broad SMARTS) is 1. The maximum absolute atomic E-state index is 11.2. The highest BCUT2D eigenvalue weighted by molar-refractivity contribution is 7.80. The van der Waals surface area contributed by atoms with Crippen molar-refractivity contribution >= 4 is 23.2 Å². The molecule has 2 N–H and O–H groups in total. The minimum atomic E-state index is -1.20. The Morgan fingerprint density at radius 2 is 1.32 bits per heavy atom. The van der Waals surface area contributed by atoms with E-state index in [0.717, 1.165) is 32.1 Å². The molecule has 0 rings (SSSR count). The number of hydrogen-bond donors (Lipinski definition) is 2. The van der Waals surface area contributed by atoms with E-state index >= 15 is 0 Å². The molecule has 5 heteroatoms. The Balaban J connectivity index is 4.36. The van der Waals surface area contributed by atoms with Gasteiger partial charge in [-0.1, -0.05) is 84.5 Å². The normalized spacial score (nSPS) is 13.5. The number of aliphatic hydroxyl groups excluding tert-OH is 1. The van der Waals surface area contributed by atoms with Crippen LogP contribution in [0.5, 0.6) is 0 Å². The summed E-state index contributed by atoms with van der Waals surface area (Å²) in [5.74, 6) is -0.981. The van der Waals surface area contributed by atoms with Gasteiger partial charge in [-0.15, -0.1) is 0 Å². The number of carboxylic acids is 1. The number of thiocarbonyl (C=S) groups is 1. The minimum Gasteiger partial charge on any atom is -0.500 e. The summed E-state index contributed by atoms with van der Waals surface area (Å²) in [4.78, 5) is 11.2. The molecule has 1 unspecified atom stereocenters. The molecule has 0 radical (unpaired) electrons. The number of carbonyl (C=O) groups is 1. The zero-order valence-electron chi connectivity index (χ0n) is 16.2. The van der Waals surface area contributed by atoms with E-state index in [1.54, 1.807) is 0 Å². The standard InChI is InChI=1S/C20H38O4S/c1-3-5-7-9-11-13-15-20(19(23)25,17-18(21)22)24-16-14-12-10-8-6-4-2/h3-17H2,1-2H3,(H,21,22)(H,23,25). The summed E-state index contributed by atoms with van der Waals surface area (Å²) in [5, 5.41) is 18.9. The van der Waals surface area contributed by atoms with Gasteiger partial charge in [-0.25, -0.2) is 0 Å². The average molecular weight is 375 g/mol. The predicted octanol–water partition coefficient (Wildman–Crippen LogP) is 6.21. The molecule has 1 atom stereocenters. The van der Waals surface area contributed by atoms with Crippen molar-refractivity contribution in [2.45, 2.75) is 109 Å². The van der Waals surface area contributed by atoms with Gasteiger partial charge in [0.2, 0.25) is 0 Å². The van der Waals surface area contributed by atoms with Gasteiger partial charge < -0.3 is 14.9 Å². The Labute approximate surface area is 159 Å². The first-order valence-corrected chi connectivity index (χ1v) is 10.5. The van der Waals surface area contributed by atoms with Crippen LogP contribution in [0.2, 0.25) is 0 Å². The second-order valence-corrected chi connectivity index (χ2v) is 7.39. The fourth-order valence-electron chi connectivity index (χ4n) is 3.04. The lowest BCUT2D eigenvalue weighted by atomic mass is 9.92. The molecular weight excluding hydrogens is 336 g/mol. The number of aliphatic hydroxyl groups is 1. The van der Waals surface area contributed by atoms with Crippen molar-refractivity contribution in [3.63, 3.8) is 0 Å². The summed E-state index contributed by atoms with van der Waals surface area (Å²) in [5.41, 5.74) is -1.20. The van der Waals surface area contributed by atoms with E-state index in [1.807, 2.05) is 0 Å². The van der Waals surface area contributed by atoms with Gasteiger partial charge in [0.15, 0.2) is 5.05 Å². The van der Waals surface area contributed by atoms with Crippen LogP contribution in [0.1, 0.15) is 104 Å². The summed E-state index contributed by atoms with van der Waals surface area (Å²) in [6.07, 6.45) is 13.6. The molecule has 0 spiro atoms. The Hall–Kier alpha value is -0.680. The molecule has 0 heterocycles. The topological polar surface area (TPSA) is 66.8 Å². The molecule has 0 saturated heterocycles. The Bertz CT molecular complexity index is 360. The largest absolute Gasteiger partial charge is 0.500 e. The molecule has 0 aliphatic carbocycles. The van der Waals surface area contributed by atoms with E-state index in [0.29, 0.717) is 13.0 Å². The van der Waals surface area contributed by atoms with Crippen molar-refractivity contribution in [3.05, 3.63) is 0 Å². The maximum atomic E-state index is 11.2. The molecule has 0 saturated carbocycles. The summed E-state index contributed by atoms with van der Waals surface area (Å²) in [6.45, 7) is 4.82. The Kier molecular flexibility index (Phi) is 15.1. The van der Waals surface area contributed by atoms with Gasteiger partial charge in [0.05, 0.1) is 6.42 Å². The Morgan fingerprint density at radius 3 is 1.80 bits per heavy atom. The summed E-state index contributed by atoms with van der Waals surface area (Å²) in [7, 11) is 0. The zero-order valence-corrected chi connectivity index (χ0v) is 17.0. The fraction of sp³-hybridized carbons (Fsp3) is 0.900. The van der Waals surface area contributed by atoms with Gasteiger partial charge in [0.1, 0.15) is 5.60 Å².